The van der Waals surface area contributed by atoms with E-state index in [0.29, 0.717) is 0 Å². The van der Waals surface area contributed by atoms with Crippen molar-refractivity contribution >= 4 is 6.08 Å². The molecule has 0 fully saturated rings. The van der Waals surface area contributed by atoms with Gasteiger partial charge >= 0.3 is 0 Å². The summed E-state index contributed by atoms with van der Waals surface area (Å²) in [4.78, 5) is 0. The van der Waals surface area contributed by atoms with Gasteiger partial charge in [-0.15, -0.1) is 0 Å². The van der Waals surface area contributed by atoms with Crippen molar-refractivity contribution in [1.29, 1.82) is 0 Å². The molecule has 0 nitrogen and oxygen atoms in total. The van der Waals surface area contributed by atoms with E-state index in [0.717, 1.165) is 0 Å². The van der Waals surface area contributed by atoms with Crippen LogP contribution in [-0.2, 0) is 0 Å². The number of benzene rings is 1. The molecule has 0 amide bonds. The molecular formula is C11H13. The molecule has 57 valence electrons. The van der Waals surface area contributed by atoms with E-state index in [1.165, 1.54) is 16.7 Å². The molecule has 0 saturated carbocycles. The third-order valence-corrected chi connectivity index (χ3v) is 1.72. The molecule has 11 heavy (non-hydrogen) atoms. The Morgan fingerprint density at radius 2 is 2.00 bits per heavy atom. The predicted octanol–water partition coefficient (Wildman–Crippen LogP) is 3.15. The molecule has 0 bridgehead atoms. The van der Waals surface area contributed by atoms with Crippen LogP contribution in [0.15, 0.2) is 24.3 Å². The van der Waals surface area contributed by atoms with Crippen LogP contribution in [0.3, 0.4) is 0 Å². The van der Waals surface area contributed by atoms with Crippen LogP contribution in [0.1, 0.15) is 16.7 Å². The van der Waals surface area contributed by atoms with Gasteiger partial charge in [-0.3, -0.25) is 0 Å². The summed E-state index contributed by atoms with van der Waals surface area (Å²) in [5, 5.41) is 0. The zero-order valence-corrected chi connectivity index (χ0v) is 7.09. The predicted molar refractivity (Wildman–Crippen MR) is 50.3 cm³/mol. The zero-order valence-electron chi connectivity index (χ0n) is 7.09. The molecule has 0 aliphatic carbocycles. The molecule has 0 aliphatic rings. The highest BCUT2D eigenvalue weighted by Crippen LogP contribution is 2.11. The fourth-order valence-corrected chi connectivity index (χ4v) is 1.14. The van der Waals surface area contributed by atoms with Crippen molar-refractivity contribution < 1.29 is 0 Å². The minimum absolute atomic E-state index is 1.26. The molecule has 0 unspecified atom stereocenters. The number of allylic oxidation sites excluding steroid dienone is 1. The van der Waals surface area contributed by atoms with Crippen LogP contribution >= 0.6 is 0 Å². The summed E-state index contributed by atoms with van der Waals surface area (Å²) >= 11 is 0. The Morgan fingerprint density at radius 1 is 1.27 bits per heavy atom. The maximum atomic E-state index is 3.66. The lowest BCUT2D eigenvalue weighted by Crippen LogP contribution is -1.80. The molecule has 1 radical (unpaired) electrons. The van der Waals surface area contributed by atoms with Crippen LogP contribution in [0.4, 0.5) is 0 Å². The largest absolute Gasteiger partial charge is 0.0836 e. The molecule has 0 saturated heterocycles. The lowest BCUT2D eigenvalue weighted by atomic mass is 10.1. The second kappa shape index (κ2) is 3.38. The van der Waals surface area contributed by atoms with Crippen molar-refractivity contribution in [2.24, 2.45) is 0 Å². The summed E-state index contributed by atoms with van der Waals surface area (Å²) in [7, 11) is 0. The average molecular weight is 145 g/mol. The summed E-state index contributed by atoms with van der Waals surface area (Å²) in [5.41, 5.74) is 3.87. The SMILES string of the molecule is [CH2]/C=C/c1ccc(C)cc1C. The van der Waals surface area contributed by atoms with Crippen LogP contribution in [-0.4, -0.2) is 0 Å². The van der Waals surface area contributed by atoms with Crippen molar-refractivity contribution in [3.05, 3.63) is 47.9 Å². The molecule has 0 aliphatic heterocycles. The van der Waals surface area contributed by atoms with Gasteiger partial charge in [-0.1, -0.05) is 35.9 Å². The Labute approximate surface area is 68.6 Å². The van der Waals surface area contributed by atoms with E-state index >= 15 is 0 Å². The molecular weight excluding hydrogens is 132 g/mol. The Morgan fingerprint density at radius 3 is 2.55 bits per heavy atom. The highest BCUT2D eigenvalue weighted by molar-refractivity contribution is 5.54. The maximum Gasteiger partial charge on any atom is -0.0230 e. The van der Waals surface area contributed by atoms with Gasteiger partial charge in [0.25, 0.3) is 0 Å². The number of hydrogen-bond donors (Lipinski definition) is 0. The summed E-state index contributed by atoms with van der Waals surface area (Å²) < 4.78 is 0. The van der Waals surface area contributed by atoms with Gasteiger partial charge in [-0.05, 0) is 31.9 Å². The first-order chi connectivity index (χ1) is 5.24. The molecule has 1 aromatic rings. The van der Waals surface area contributed by atoms with Gasteiger partial charge in [-0.2, -0.15) is 0 Å². The quantitative estimate of drug-likeness (QED) is 0.569. The molecule has 0 heterocycles. The van der Waals surface area contributed by atoms with E-state index in [1.807, 2.05) is 12.2 Å². The fourth-order valence-electron chi connectivity index (χ4n) is 1.14. The maximum absolute atomic E-state index is 3.66. The molecule has 1 rings (SSSR count). The Balaban J connectivity index is 3.09. The van der Waals surface area contributed by atoms with Crippen LogP contribution in [0.2, 0.25) is 0 Å². The highest BCUT2D eigenvalue weighted by Gasteiger charge is 1.91. The molecule has 0 atom stereocenters. The fraction of sp³-hybridized carbons (Fsp3) is 0.182. The van der Waals surface area contributed by atoms with E-state index in [2.05, 4.69) is 39.0 Å². The van der Waals surface area contributed by atoms with Crippen molar-refractivity contribution in [3.8, 4) is 0 Å². The Hall–Kier alpha value is -1.04. The first-order valence-corrected chi connectivity index (χ1v) is 3.77. The van der Waals surface area contributed by atoms with E-state index < -0.39 is 0 Å². The van der Waals surface area contributed by atoms with Crippen molar-refractivity contribution in [2.45, 2.75) is 13.8 Å². The van der Waals surface area contributed by atoms with Gasteiger partial charge in [0.15, 0.2) is 0 Å². The van der Waals surface area contributed by atoms with E-state index in [9.17, 15) is 0 Å². The van der Waals surface area contributed by atoms with Crippen molar-refractivity contribution in [2.75, 3.05) is 0 Å². The van der Waals surface area contributed by atoms with Crippen LogP contribution in [0, 0.1) is 20.8 Å². The average Bonchev–Trinajstić information content (AvgIpc) is 1.95. The minimum atomic E-state index is 1.26. The summed E-state index contributed by atoms with van der Waals surface area (Å²) in [6.45, 7) is 7.88. The monoisotopic (exact) mass is 145 g/mol. The van der Waals surface area contributed by atoms with E-state index in [-0.39, 0.29) is 0 Å². The van der Waals surface area contributed by atoms with Crippen LogP contribution in [0.25, 0.3) is 6.08 Å². The number of aryl methyl sites for hydroxylation is 2. The second-order valence-corrected chi connectivity index (χ2v) is 2.76. The standard InChI is InChI=1S/C11H13/c1-4-5-11-7-6-9(2)8-10(11)3/h4-8H,1H2,2-3H3/b5-4+. The van der Waals surface area contributed by atoms with Gasteiger partial charge in [0.2, 0.25) is 0 Å². The topological polar surface area (TPSA) is 0 Å². The van der Waals surface area contributed by atoms with Crippen LogP contribution in [0.5, 0.6) is 0 Å². The van der Waals surface area contributed by atoms with Crippen LogP contribution < -0.4 is 0 Å². The third kappa shape index (κ3) is 1.94. The van der Waals surface area contributed by atoms with Gasteiger partial charge in [-0.25, -0.2) is 0 Å². The number of hydrogen-bond acceptors (Lipinski definition) is 0. The Bertz CT molecular complexity index is 269. The lowest BCUT2D eigenvalue weighted by Gasteiger charge is -2.00. The third-order valence-electron chi connectivity index (χ3n) is 1.72. The van der Waals surface area contributed by atoms with Crippen molar-refractivity contribution in [3.63, 3.8) is 0 Å². The minimum Gasteiger partial charge on any atom is -0.0836 e. The molecule has 0 aromatic heterocycles. The summed E-state index contributed by atoms with van der Waals surface area (Å²) in [5.74, 6) is 0. The molecule has 0 spiro atoms. The van der Waals surface area contributed by atoms with Gasteiger partial charge in [0.1, 0.15) is 0 Å². The van der Waals surface area contributed by atoms with E-state index in [4.69, 9.17) is 0 Å². The zero-order chi connectivity index (χ0) is 8.27. The van der Waals surface area contributed by atoms with E-state index in [1.54, 1.807) is 0 Å². The number of rotatable bonds is 1. The smallest absolute Gasteiger partial charge is 0.0230 e. The highest BCUT2D eigenvalue weighted by atomic mass is 14.0. The summed E-state index contributed by atoms with van der Waals surface area (Å²) in [6, 6.07) is 6.41. The normalized spacial score (nSPS) is 10.8. The van der Waals surface area contributed by atoms with Gasteiger partial charge in [0, 0.05) is 0 Å². The van der Waals surface area contributed by atoms with Gasteiger partial charge in [0.05, 0.1) is 0 Å². The summed E-state index contributed by atoms with van der Waals surface area (Å²) in [6.07, 6.45) is 3.84. The van der Waals surface area contributed by atoms with Crippen molar-refractivity contribution in [1.82, 2.24) is 0 Å². The first-order valence-electron chi connectivity index (χ1n) is 3.77. The van der Waals surface area contributed by atoms with Gasteiger partial charge < -0.3 is 0 Å². The molecule has 1 aromatic carbocycles. The first kappa shape index (κ1) is 8.06. The lowest BCUT2D eigenvalue weighted by molar-refractivity contribution is 1.37. The molecule has 0 N–H and O–H groups in total. The Kier molecular flexibility index (Phi) is 2.48. The molecule has 0 heteroatoms. The second-order valence-electron chi connectivity index (χ2n) is 2.76.